The van der Waals surface area contributed by atoms with Gasteiger partial charge in [-0.3, -0.25) is 4.79 Å². The third-order valence-corrected chi connectivity index (χ3v) is 1.98. The summed E-state index contributed by atoms with van der Waals surface area (Å²) >= 11 is 0. The fourth-order valence-electron chi connectivity index (χ4n) is 1.17. The van der Waals surface area contributed by atoms with Gasteiger partial charge in [-0.1, -0.05) is 0 Å². The van der Waals surface area contributed by atoms with Gasteiger partial charge in [-0.15, -0.1) is 5.10 Å². The molecule has 0 unspecified atom stereocenters. The standard InChI is InChI=1S/C11H8N2O4/c14-9-5-6-10(13-12-9)17-8-3-1-7(2-4-8)11(15)16/h1-6H,(H,12,14)(H,15,16). The summed E-state index contributed by atoms with van der Waals surface area (Å²) in [7, 11) is 0. The number of carboxylic acid groups (broad SMARTS) is 1. The van der Waals surface area contributed by atoms with E-state index in [0.29, 0.717) is 5.75 Å². The van der Waals surface area contributed by atoms with E-state index in [0.717, 1.165) is 0 Å². The number of carbonyl (C=O) groups is 1. The Hall–Kier alpha value is -2.63. The molecular formula is C11H8N2O4. The van der Waals surface area contributed by atoms with Crippen LogP contribution in [0.25, 0.3) is 0 Å². The van der Waals surface area contributed by atoms with Gasteiger partial charge in [0, 0.05) is 12.1 Å². The zero-order chi connectivity index (χ0) is 12.3. The topological polar surface area (TPSA) is 92.3 Å². The zero-order valence-corrected chi connectivity index (χ0v) is 8.58. The van der Waals surface area contributed by atoms with Crippen molar-refractivity contribution in [3.63, 3.8) is 0 Å². The Morgan fingerprint density at radius 2 is 1.88 bits per heavy atom. The van der Waals surface area contributed by atoms with Gasteiger partial charge in [0.15, 0.2) is 0 Å². The lowest BCUT2D eigenvalue weighted by Gasteiger charge is -2.03. The van der Waals surface area contributed by atoms with Gasteiger partial charge in [0.2, 0.25) is 5.88 Å². The van der Waals surface area contributed by atoms with E-state index in [1.807, 2.05) is 0 Å². The van der Waals surface area contributed by atoms with Crippen LogP contribution in [0, 0.1) is 0 Å². The van der Waals surface area contributed by atoms with Gasteiger partial charge in [-0.05, 0) is 24.3 Å². The van der Waals surface area contributed by atoms with Gasteiger partial charge >= 0.3 is 5.97 Å². The highest BCUT2D eigenvalue weighted by atomic mass is 16.5. The minimum Gasteiger partial charge on any atom is -0.478 e. The molecule has 0 fully saturated rings. The molecule has 0 aliphatic heterocycles. The van der Waals surface area contributed by atoms with Crippen LogP contribution >= 0.6 is 0 Å². The molecule has 0 atom stereocenters. The number of aromatic amines is 1. The fraction of sp³-hybridized carbons (Fsp3) is 0. The SMILES string of the molecule is O=C(O)c1ccc(Oc2ccc(=O)[nH]n2)cc1. The van der Waals surface area contributed by atoms with Crippen LogP contribution in [-0.4, -0.2) is 21.3 Å². The lowest BCUT2D eigenvalue weighted by atomic mass is 10.2. The maximum atomic E-state index is 10.8. The van der Waals surface area contributed by atoms with Crippen molar-refractivity contribution in [3.8, 4) is 11.6 Å². The summed E-state index contributed by atoms with van der Waals surface area (Å²) in [4.78, 5) is 21.4. The first-order valence-corrected chi connectivity index (χ1v) is 4.72. The molecular weight excluding hydrogens is 224 g/mol. The highest BCUT2D eigenvalue weighted by molar-refractivity contribution is 5.87. The van der Waals surface area contributed by atoms with Gasteiger partial charge in [0.1, 0.15) is 5.75 Å². The van der Waals surface area contributed by atoms with E-state index in [2.05, 4.69) is 10.2 Å². The molecule has 0 aliphatic carbocycles. The first-order valence-electron chi connectivity index (χ1n) is 4.72. The molecule has 2 N–H and O–H groups in total. The van der Waals surface area contributed by atoms with Crippen LogP contribution in [0.1, 0.15) is 10.4 Å². The molecule has 0 spiro atoms. The first kappa shape index (κ1) is 10.9. The van der Waals surface area contributed by atoms with Crippen molar-refractivity contribution >= 4 is 5.97 Å². The monoisotopic (exact) mass is 232 g/mol. The van der Waals surface area contributed by atoms with E-state index in [4.69, 9.17) is 9.84 Å². The molecule has 2 aromatic rings. The van der Waals surface area contributed by atoms with Crippen molar-refractivity contribution in [2.45, 2.75) is 0 Å². The van der Waals surface area contributed by atoms with Crippen LogP contribution in [0.3, 0.4) is 0 Å². The van der Waals surface area contributed by atoms with Gasteiger partial charge in [-0.2, -0.15) is 0 Å². The molecule has 0 aliphatic rings. The Morgan fingerprint density at radius 1 is 1.18 bits per heavy atom. The normalized spacial score (nSPS) is 9.88. The van der Waals surface area contributed by atoms with E-state index in [-0.39, 0.29) is 17.0 Å². The number of benzene rings is 1. The van der Waals surface area contributed by atoms with Crippen LogP contribution in [-0.2, 0) is 0 Å². The van der Waals surface area contributed by atoms with Crippen molar-refractivity contribution in [2.75, 3.05) is 0 Å². The number of ether oxygens (including phenoxy) is 1. The maximum Gasteiger partial charge on any atom is 0.335 e. The largest absolute Gasteiger partial charge is 0.478 e. The second-order valence-electron chi connectivity index (χ2n) is 3.19. The number of H-pyrrole nitrogens is 1. The fourth-order valence-corrected chi connectivity index (χ4v) is 1.17. The third-order valence-electron chi connectivity index (χ3n) is 1.98. The summed E-state index contributed by atoms with van der Waals surface area (Å²) in [5, 5.41) is 14.6. The number of rotatable bonds is 3. The molecule has 0 saturated heterocycles. The van der Waals surface area contributed by atoms with Crippen molar-refractivity contribution in [3.05, 3.63) is 52.3 Å². The Morgan fingerprint density at radius 3 is 2.41 bits per heavy atom. The number of nitrogens with one attached hydrogen (secondary N) is 1. The maximum absolute atomic E-state index is 10.8. The Kier molecular flexibility index (Phi) is 2.87. The number of hydrogen-bond donors (Lipinski definition) is 2. The number of nitrogens with zero attached hydrogens (tertiary/aromatic N) is 1. The minimum atomic E-state index is -1.00. The molecule has 0 bridgehead atoms. The van der Waals surface area contributed by atoms with Crippen LogP contribution in [0.5, 0.6) is 11.6 Å². The summed E-state index contributed by atoms with van der Waals surface area (Å²) in [6.07, 6.45) is 0. The zero-order valence-electron chi connectivity index (χ0n) is 8.58. The summed E-state index contributed by atoms with van der Waals surface area (Å²) in [5.74, 6) is -0.332. The van der Waals surface area contributed by atoms with Crippen LogP contribution < -0.4 is 10.3 Å². The predicted octanol–water partition coefficient (Wildman–Crippen LogP) is 1.26. The smallest absolute Gasteiger partial charge is 0.335 e. The molecule has 6 heteroatoms. The predicted molar refractivity (Wildman–Crippen MR) is 58.3 cm³/mol. The highest BCUT2D eigenvalue weighted by Gasteiger charge is 2.03. The van der Waals surface area contributed by atoms with E-state index in [9.17, 15) is 9.59 Å². The van der Waals surface area contributed by atoms with Crippen molar-refractivity contribution in [2.24, 2.45) is 0 Å². The Balaban J connectivity index is 2.16. The highest BCUT2D eigenvalue weighted by Crippen LogP contribution is 2.18. The molecule has 0 radical (unpaired) electrons. The molecule has 1 aromatic heterocycles. The number of hydrogen-bond acceptors (Lipinski definition) is 4. The average Bonchev–Trinajstić information content (AvgIpc) is 2.33. The summed E-state index contributed by atoms with van der Waals surface area (Å²) in [6, 6.07) is 8.57. The molecule has 1 aromatic carbocycles. The van der Waals surface area contributed by atoms with E-state index < -0.39 is 5.97 Å². The third kappa shape index (κ3) is 2.69. The van der Waals surface area contributed by atoms with Gasteiger partial charge in [-0.25, -0.2) is 9.89 Å². The lowest BCUT2D eigenvalue weighted by molar-refractivity contribution is 0.0697. The van der Waals surface area contributed by atoms with E-state index >= 15 is 0 Å². The van der Waals surface area contributed by atoms with Gasteiger partial charge in [0.05, 0.1) is 5.56 Å². The Labute approximate surface area is 95.5 Å². The molecule has 0 amide bonds. The van der Waals surface area contributed by atoms with Crippen molar-refractivity contribution in [1.29, 1.82) is 0 Å². The van der Waals surface area contributed by atoms with Gasteiger partial charge in [0.25, 0.3) is 5.56 Å². The molecule has 2 rings (SSSR count). The van der Waals surface area contributed by atoms with Crippen LogP contribution in [0.15, 0.2) is 41.2 Å². The Bertz CT molecular complexity index is 569. The number of aromatic nitrogens is 2. The average molecular weight is 232 g/mol. The summed E-state index contributed by atoms with van der Waals surface area (Å²) < 4.78 is 5.29. The van der Waals surface area contributed by atoms with Crippen LogP contribution in [0.2, 0.25) is 0 Å². The van der Waals surface area contributed by atoms with E-state index in [1.165, 1.54) is 36.4 Å². The lowest BCUT2D eigenvalue weighted by Crippen LogP contribution is -2.05. The molecule has 0 saturated carbocycles. The van der Waals surface area contributed by atoms with Crippen LogP contribution in [0.4, 0.5) is 0 Å². The minimum absolute atomic E-state index is 0.173. The summed E-state index contributed by atoms with van der Waals surface area (Å²) in [5.41, 5.74) is -0.148. The molecule has 1 heterocycles. The molecule has 86 valence electrons. The molecule has 6 nitrogen and oxygen atoms in total. The summed E-state index contributed by atoms with van der Waals surface area (Å²) in [6.45, 7) is 0. The van der Waals surface area contributed by atoms with E-state index in [1.54, 1.807) is 0 Å². The molecule has 17 heavy (non-hydrogen) atoms. The second kappa shape index (κ2) is 4.48. The quantitative estimate of drug-likeness (QED) is 0.831. The first-order chi connectivity index (χ1) is 8.15. The van der Waals surface area contributed by atoms with Gasteiger partial charge < -0.3 is 9.84 Å². The van der Waals surface area contributed by atoms with Crippen molar-refractivity contribution < 1.29 is 14.6 Å². The van der Waals surface area contributed by atoms with Crippen molar-refractivity contribution in [1.82, 2.24) is 10.2 Å². The second-order valence-corrected chi connectivity index (χ2v) is 3.19. The number of carboxylic acids is 1. The number of aromatic carboxylic acids is 1.